The van der Waals surface area contributed by atoms with E-state index >= 15 is 0 Å². The van der Waals surface area contributed by atoms with Crippen molar-refractivity contribution in [2.24, 2.45) is 0 Å². The van der Waals surface area contributed by atoms with Gasteiger partial charge in [-0.1, -0.05) is 91.9 Å². The van der Waals surface area contributed by atoms with Crippen molar-refractivity contribution < 1.29 is 24.0 Å². The van der Waals surface area contributed by atoms with Crippen molar-refractivity contribution in [2.75, 3.05) is 24.6 Å². The quantitative estimate of drug-likeness (QED) is 0.0801. The van der Waals surface area contributed by atoms with Crippen LogP contribution < -0.4 is 24.0 Å². The van der Waals surface area contributed by atoms with Gasteiger partial charge in [0.15, 0.2) is 0 Å². The van der Waals surface area contributed by atoms with Crippen molar-refractivity contribution in [3.05, 3.63) is 0 Å². The molecule has 0 aliphatic rings. The summed E-state index contributed by atoms with van der Waals surface area (Å²) in [6.07, 6.45) is 33.1. The molecular formula is C26H56IP. The normalized spacial score (nSPS) is 11.6. The molecule has 0 aliphatic carbocycles. The Morgan fingerprint density at radius 2 is 0.536 bits per heavy atom. The second kappa shape index (κ2) is 24.4. The molecule has 0 bridgehead atoms. The first-order chi connectivity index (χ1) is 13.2. The summed E-state index contributed by atoms with van der Waals surface area (Å²) in [6, 6.07) is 0. The second-order valence-electron chi connectivity index (χ2n) is 9.19. The van der Waals surface area contributed by atoms with Crippen molar-refractivity contribution in [3.63, 3.8) is 0 Å². The minimum absolute atomic E-state index is 0. The fraction of sp³-hybridized carbons (Fsp3) is 1.00. The van der Waals surface area contributed by atoms with Crippen molar-refractivity contribution in [1.29, 1.82) is 0 Å². The average molecular weight is 527 g/mol. The Bertz CT molecular complexity index is 248. The predicted molar refractivity (Wildman–Crippen MR) is 132 cm³/mol. The van der Waals surface area contributed by atoms with E-state index in [4.69, 9.17) is 0 Å². The predicted octanol–water partition coefficient (Wildman–Crippen LogP) is 7.11. The van der Waals surface area contributed by atoms with Gasteiger partial charge in [-0.3, -0.25) is 0 Å². The number of hydrogen-bond acceptors (Lipinski definition) is 0. The van der Waals surface area contributed by atoms with Gasteiger partial charge in [0.2, 0.25) is 0 Å². The molecule has 0 aromatic carbocycles. The molecule has 0 spiro atoms. The minimum Gasteiger partial charge on any atom is -1.00 e. The number of rotatable bonds is 22. The van der Waals surface area contributed by atoms with E-state index in [2.05, 4.69) is 27.7 Å². The highest BCUT2D eigenvalue weighted by atomic mass is 127. The smallest absolute Gasteiger partial charge is 0.0594 e. The van der Waals surface area contributed by atoms with Crippen LogP contribution in [0.2, 0.25) is 0 Å². The molecule has 0 unspecified atom stereocenters. The molecule has 0 atom stereocenters. The van der Waals surface area contributed by atoms with Crippen LogP contribution in [0.15, 0.2) is 0 Å². The van der Waals surface area contributed by atoms with E-state index in [1.54, 1.807) is 50.3 Å². The highest BCUT2D eigenvalue weighted by Gasteiger charge is 2.34. The fourth-order valence-corrected chi connectivity index (χ4v) is 9.44. The largest absolute Gasteiger partial charge is 1.00 e. The molecule has 0 rings (SSSR count). The first kappa shape index (κ1) is 31.3. The van der Waals surface area contributed by atoms with E-state index in [9.17, 15) is 0 Å². The third-order valence-electron chi connectivity index (χ3n) is 6.44. The van der Waals surface area contributed by atoms with E-state index in [0.29, 0.717) is 0 Å². The lowest BCUT2D eigenvalue weighted by Gasteiger charge is -2.28. The summed E-state index contributed by atoms with van der Waals surface area (Å²) in [5.74, 6) is 0. The summed E-state index contributed by atoms with van der Waals surface area (Å²) in [5, 5.41) is 0. The molecule has 0 amide bonds. The lowest BCUT2D eigenvalue weighted by atomic mass is 10.1. The highest BCUT2D eigenvalue weighted by molar-refractivity contribution is 7.75. The van der Waals surface area contributed by atoms with Crippen LogP contribution in [0.1, 0.15) is 143 Å². The molecule has 0 N–H and O–H groups in total. The molecular weight excluding hydrogens is 470 g/mol. The van der Waals surface area contributed by atoms with Crippen LogP contribution >= 0.6 is 7.26 Å². The van der Waals surface area contributed by atoms with Crippen molar-refractivity contribution in [2.45, 2.75) is 143 Å². The molecule has 0 radical (unpaired) electrons. The Hall–Kier alpha value is 1.16. The minimum atomic E-state index is -0.672. The maximum Gasteiger partial charge on any atom is 0.0594 e. The van der Waals surface area contributed by atoms with Crippen LogP contribution in [0.5, 0.6) is 0 Å². The Morgan fingerprint density at radius 1 is 0.321 bits per heavy atom. The van der Waals surface area contributed by atoms with Gasteiger partial charge < -0.3 is 24.0 Å². The van der Waals surface area contributed by atoms with Gasteiger partial charge in [0.05, 0.1) is 24.6 Å². The zero-order chi connectivity index (χ0) is 20.1. The van der Waals surface area contributed by atoms with Crippen molar-refractivity contribution in [1.82, 2.24) is 0 Å². The summed E-state index contributed by atoms with van der Waals surface area (Å²) in [4.78, 5) is 0. The molecule has 172 valence electrons. The molecule has 28 heavy (non-hydrogen) atoms. The fourth-order valence-electron chi connectivity index (χ4n) is 4.52. The lowest BCUT2D eigenvalue weighted by Crippen LogP contribution is -3.00. The molecule has 0 nitrogen and oxygen atoms in total. The first-order valence-corrected chi connectivity index (χ1v) is 15.6. The Morgan fingerprint density at radius 3 is 0.821 bits per heavy atom. The molecule has 0 saturated heterocycles. The molecule has 0 heterocycles. The van der Waals surface area contributed by atoms with Gasteiger partial charge in [-0.25, -0.2) is 0 Å². The van der Waals surface area contributed by atoms with Gasteiger partial charge in [0.25, 0.3) is 0 Å². The topological polar surface area (TPSA) is 0 Å². The van der Waals surface area contributed by atoms with Gasteiger partial charge in [0.1, 0.15) is 0 Å². The van der Waals surface area contributed by atoms with Gasteiger partial charge in [0, 0.05) is 7.26 Å². The second-order valence-corrected chi connectivity index (χ2v) is 13.7. The number of unbranched alkanes of at least 4 members (excludes halogenated alkanes) is 14. The zero-order valence-electron chi connectivity index (χ0n) is 20.4. The van der Waals surface area contributed by atoms with Crippen LogP contribution in [0.4, 0.5) is 0 Å². The summed E-state index contributed by atoms with van der Waals surface area (Å²) in [6.45, 7) is 9.40. The lowest BCUT2D eigenvalue weighted by molar-refractivity contribution is -0.00000623. The first-order valence-electron chi connectivity index (χ1n) is 13.1. The maximum absolute atomic E-state index is 2.36. The summed E-state index contributed by atoms with van der Waals surface area (Å²) in [5.41, 5.74) is 0. The summed E-state index contributed by atoms with van der Waals surface area (Å²) in [7, 11) is -0.672. The van der Waals surface area contributed by atoms with E-state index in [1.165, 1.54) is 89.9 Å². The zero-order valence-corrected chi connectivity index (χ0v) is 23.4. The van der Waals surface area contributed by atoms with E-state index in [1.807, 2.05) is 0 Å². The van der Waals surface area contributed by atoms with Crippen LogP contribution in [0.25, 0.3) is 0 Å². The van der Waals surface area contributed by atoms with Gasteiger partial charge in [-0.2, -0.15) is 0 Å². The molecule has 2 heteroatoms. The molecule has 0 aromatic rings. The van der Waals surface area contributed by atoms with E-state index in [0.717, 1.165) is 0 Å². The molecule has 0 aromatic heterocycles. The Kier molecular flexibility index (Phi) is 27.3. The Balaban J connectivity index is 0. The van der Waals surface area contributed by atoms with Crippen LogP contribution in [-0.4, -0.2) is 24.6 Å². The van der Waals surface area contributed by atoms with E-state index < -0.39 is 7.26 Å². The summed E-state index contributed by atoms with van der Waals surface area (Å²) >= 11 is 0. The third-order valence-corrected chi connectivity index (χ3v) is 11.5. The monoisotopic (exact) mass is 526 g/mol. The Labute approximate surface area is 198 Å². The maximum atomic E-state index is 2.36. The summed E-state index contributed by atoms with van der Waals surface area (Å²) < 4.78 is 0. The van der Waals surface area contributed by atoms with Crippen LogP contribution in [0.3, 0.4) is 0 Å². The van der Waals surface area contributed by atoms with Crippen molar-refractivity contribution >= 4 is 7.26 Å². The van der Waals surface area contributed by atoms with Gasteiger partial charge in [-0.05, 0) is 51.4 Å². The van der Waals surface area contributed by atoms with Crippen molar-refractivity contribution in [3.8, 4) is 0 Å². The van der Waals surface area contributed by atoms with E-state index in [-0.39, 0.29) is 24.0 Å². The van der Waals surface area contributed by atoms with Gasteiger partial charge in [-0.15, -0.1) is 0 Å². The number of hydrogen-bond donors (Lipinski definition) is 0. The number of halogens is 1. The van der Waals surface area contributed by atoms with Crippen LogP contribution in [0, 0.1) is 0 Å². The third kappa shape index (κ3) is 19.1. The molecule has 0 fully saturated rings. The van der Waals surface area contributed by atoms with Gasteiger partial charge >= 0.3 is 0 Å². The SMILES string of the molecule is CCCCCCCC[P+](CCCCCC)(CCCCCC)CCCCCC.[I-]. The highest BCUT2D eigenvalue weighted by Crippen LogP contribution is 2.61. The van der Waals surface area contributed by atoms with Crippen LogP contribution in [-0.2, 0) is 0 Å². The molecule has 0 saturated carbocycles. The standard InChI is InChI=1S/C26H56P.HI/c1-5-9-13-17-18-22-26-27(23-19-14-10-6-2,24-20-15-11-7-3)25-21-16-12-8-4;/h5-26H2,1-4H3;1H/q+1;/p-1. The average Bonchev–Trinajstić information content (AvgIpc) is 2.68. The molecule has 0 aliphatic heterocycles.